The summed E-state index contributed by atoms with van der Waals surface area (Å²) in [7, 11) is 4.07. The molecule has 27 heavy (non-hydrogen) atoms. The highest BCUT2D eigenvalue weighted by molar-refractivity contribution is 6.30. The third-order valence-electron chi connectivity index (χ3n) is 3.86. The van der Waals surface area contributed by atoms with E-state index in [1.165, 1.54) is 0 Å². The molecule has 2 heterocycles. The summed E-state index contributed by atoms with van der Waals surface area (Å²) in [5, 5.41) is 7.35. The summed E-state index contributed by atoms with van der Waals surface area (Å²) in [5.74, 6) is 1.31. The van der Waals surface area contributed by atoms with Crippen molar-refractivity contribution in [2.75, 3.05) is 37.8 Å². The van der Waals surface area contributed by atoms with Crippen LogP contribution in [0, 0.1) is 0 Å². The highest BCUT2D eigenvalue weighted by atomic mass is 35.5. The second-order valence-electron chi connectivity index (χ2n) is 6.39. The molecule has 7 heteroatoms. The van der Waals surface area contributed by atoms with Crippen LogP contribution in [0.5, 0.6) is 0 Å². The van der Waals surface area contributed by atoms with Crippen molar-refractivity contribution in [3.8, 4) is 11.4 Å². The number of benzene rings is 1. The van der Waals surface area contributed by atoms with E-state index in [2.05, 4.69) is 30.5 Å². The lowest BCUT2D eigenvalue weighted by atomic mass is 10.2. The average Bonchev–Trinajstić information content (AvgIpc) is 2.67. The normalized spacial score (nSPS) is 10.8. The molecule has 0 saturated heterocycles. The Kier molecular flexibility index (Phi) is 6.57. The Bertz CT molecular complexity index is 869. The van der Waals surface area contributed by atoms with Gasteiger partial charge in [0.2, 0.25) is 5.95 Å². The van der Waals surface area contributed by atoms with Gasteiger partial charge < -0.3 is 15.5 Å². The predicted octanol–water partition coefficient (Wildman–Crippen LogP) is 3.78. The number of likely N-dealkylation sites (N-methyl/N-ethyl adjacent to an activating group) is 1. The molecule has 6 nitrogen and oxygen atoms in total. The zero-order valence-corrected chi connectivity index (χ0v) is 16.2. The second-order valence-corrected chi connectivity index (χ2v) is 6.83. The summed E-state index contributed by atoms with van der Waals surface area (Å²) < 4.78 is 0. The van der Waals surface area contributed by atoms with Gasteiger partial charge in [-0.05, 0) is 43.9 Å². The zero-order chi connectivity index (χ0) is 19.1. The standard InChI is InChI=1S/C20H23ClN6/c1-27(2)11-10-23-20-25-18(17-8-3-4-9-22-17)13-19(26-20)24-14-15-6-5-7-16(21)12-15/h3-9,12-13H,10-11,14H2,1-2H3,(H2,23,24,25,26). The van der Waals surface area contributed by atoms with Gasteiger partial charge in [0.1, 0.15) is 5.82 Å². The quantitative estimate of drug-likeness (QED) is 0.618. The fraction of sp³-hybridized carbons (Fsp3) is 0.250. The van der Waals surface area contributed by atoms with Crippen molar-refractivity contribution in [3.05, 3.63) is 65.3 Å². The molecule has 2 aromatic heterocycles. The second kappa shape index (κ2) is 9.30. The first-order chi connectivity index (χ1) is 13.1. The number of rotatable bonds is 8. The first-order valence-corrected chi connectivity index (χ1v) is 9.15. The zero-order valence-electron chi connectivity index (χ0n) is 15.5. The van der Waals surface area contributed by atoms with Crippen molar-refractivity contribution in [2.45, 2.75) is 6.54 Å². The van der Waals surface area contributed by atoms with Crippen molar-refractivity contribution in [1.29, 1.82) is 0 Å². The summed E-state index contributed by atoms with van der Waals surface area (Å²) in [6, 6.07) is 15.4. The molecule has 0 unspecified atom stereocenters. The van der Waals surface area contributed by atoms with Gasteiger partial charge in [0.05, 0.1) is 11.4 Å². The monoisotopic (exact) mass is 382 g/mol. The molecule has 2 N–H and O–H groups in total. The van der Waals surface area contributed by atoms with Crippen LogP contribution < -0.4 is 10.6 Å². The van der Waals surface area contributed by atoms with Gasteiger partial charge in [-0.2, -0.15) is 4.98 Å². The Hall–Kier alpha value is -2.70. The summed E-state index contributed by atoms with van der Waals surface area (Å²) in [5.41, 5.74) is 2.66. The first kappa shape index (κ1) is 19.1. The molecule has 0 aliphatic carbocycles. The Morgan fingerprint density at radius 1 is 0.963 bits per heavy atom. The first-order valence-electron chi connectivity index (χ1n) is 8.77. The molecule has 0 fully saturated rings. The minimum atomic E-state index is 0.577. The summed E-state index contributed by atoms with van der Waals surface area (Å²) in [4.78, 5) is 15.7. The SMILES string of the molecule is CN(C)CCNc1nc(NCc2cccc(Cl)c2)cc(-c2ccccn2)n1. The number of anilines is 2. The molecule has 3 rings (SSSR count). The molecular formula is C20H23ClN6. The fourth-order valence-corrected chi connectivity index (χ4v) is 2.71. The smallest absolute Gasteiger partial charge is 0.225 e. The molecular weight excluding hydrogens is 360 g/mol. The van der Waals surface area contributed by atoms with Gasteiger partial charge >= 0.3 is 0 Å². The highest BCUT2D eigenvalue weighted by Crippen LogP contribution is 2.20. The number of hydrogen-bond donors (Lipinski definition) is 2. The number of aromatic nitrogens is 3. The summed E-state index contributed by atoms with van der Waals surface area (Å²) in [6.45, 7) is 2.27. The van der Waals surface area contributed by atoms with Crippen LogP contribution in [-0.4, -0.2) is 47.0 Å². The van der Waals surface area contributed by atoms with Crippen LogP contribution in [0.2, 0.25) is 5.02 Å². The van der Waals surface area contributed by atoms with Crippen LogP contribution in [0.3, 0.4) is 0 Å². The van der Waals surface area contributed by atoms with Crippen LogP contribution in [0.25, 0.3) is 11.4 Å². The van der Waals surface area contributed by atoms with E-state index in [0.717, 1.165) is 40.9 Å². The lowest BCUT2D eigenvalue weighted by molar-refractivity contribution is 0.425. The minimum absolute atomic E-state index is 0.577. The van der Waals surface area contributed by atoms with Crippen LogP contribution in [-0.2, 0) is 6.54 Å². The molecule has 0 radical (unpaired) electrons. The molecule has 0 bridgehead atoms. The van der Waals surface area contributed by atoms with Crippen LogP contribution in [0.15, 0.2) is 54.7 Å². The fourth-order valence-electron chi connectivity index (χ4n) is 2.49. The maximum atomic E-state index is 6.06. The highest BCUT2D eigenvalue weighted by Gasteiger charge is 2.08. The topological polar surface area (TPSA) is 66.0 Å². The maximum absolute atomic E-state index is 6.06. The molecule has 0 spiro atoms. The van der Waals surface area contributed by atoms with E-state index in [1.807, 2.05) is 62.6 Å². The average molecular weight is 383 g/mol. The molecule has 0 saturated carbocycles. The summed E-state index contributed by atoms with van der Waals surface area (Å²) in [6.07, 6.45) is 1.76. The summed E-state index contributed by atoms with van der Waals surface area (Å²) >= 11 is 6.06. The van der Waals surface area contributed by atoms with Gasteiger partial charge in [-0.1, -0.05) is 29.8 Å². The van der Waals surface area contributed by atoms with Gasteiger partial charge in [-0.3, -0.25) is 4.98 Å². The Labute approximate surface area is 164 Å². The van der Waals surface area contributed by atoms with Gasteiger partial charge in [0.25, 0.3) is 0 Å². The number of nitrogens with one attached hydrogen (secondary N) is 2. The van der Waals surface area contributed by atoms with E-state index in [9.17, 15) is 0 Å². The lowest BCUT2D eigenvalue weighted by Gasteiger charge is -2.13. The largest absolute Gasteiger partial charge is 0.366 e. The van der Waals surface area contributed by atoms with Crippen molar-refractivity contribution in [1.82, 2.24) is 19.9 Å². The Balaban J connectivity index is 1.80. The molecule has 0 atom stereocenters. The van der Waals surface area contributed by atoms with E-state index in [0.29, 0.717) is 12.5 Å². The lowest BCUT2D eigenvalue weighted by Crippen LogP contribution is -2.21. The van der Waals surface area contributed by atoms with Crippen molar-refractivity contribution >= 4 is 23.4 Å². The van der Waals surface area contributed by atoms with Crippen LogP contribution in [0.4, 0.5) is 11.8 Å². The maximum Gasteiger partial charge on any atom is 0.225 e. The van der Waals surface area contributed by atoms with Crippen molar-refractivity contribution in [3.63, 3.8) is 0 Å². The van der Waals surface area contributed by atoms with E-state index < -0.39 is 0 Å². The van der Waals surface area contributed by atoms with Gasteiger partial charge in [0, 0.05) is 36.9 Å². The predicted molar refractivity (Wildman–Crippen MR) is 111 cm³/mol. The molecule has 0 amide bonds. The number of halogens is 1. The number of hydrogen-bond acceptors (Lipinski definition) is 6. The Morgan fingerprint density at radius 3 is 2.59 bits per heavy atom. The third-order valence-corrected chi connectivity index (χ3v) is 4.09. The molecule has 0 aliphatic rings. The number of nitrogens with zero attached hydrogens (tertiary/aromatic N) is 4. The van der Waals surface area contributed by atoms with Crippen molar-refractivity contribution < 1.29 is 0 Å². The third kappa shape index (κ3) is 5.91. The molecule has 140 valence electrons. The van der Waals surface area contributed by atoms with E-state index >= 15 is 0 Å². The van der Waals surface area contributed by atoms with E-state index in [4.69, 9.17) is 11.6 Å². The van der Waals surface area contributed by atoms with E-state index in [-0.39, 0.29) is 0 Å². The minimum Gasteiger partial charge on any atom is -0.366 e. The number of pyridine rings is 1. The molecule has 1 aromatic carbocycles. The van der Waals surface area contributed by atoms with Crippen molar-refractivity contribution in [2.24, 2.45) is 0 Å². The van der Waals surface area contributed by atoms with Gasteiger partial charge in [-0.25, -0.2) is 4.98 Å². The Morgan fingerprint density at radius 2 is 1.85 bits per heavy atom. The molecule has 0 aliphatic heterocycles. The van der Waals surface area contributed by atoms with Crippen LogP contribution >= 0.6 is 11.6 Å². The molecule has 3 aromatic rings. The van der Waals surface area contributed by atoms with Gasteiger partial charge in [-0.15, -0.1) is 0 Å². The van der Waals surface area contributed by atoms with E-state index in [1.54, 1.807) is 6.20 Å². The van der Waals surface area contributed by atoms with Crippen LogP contribution in [0.1, 0.15) is 5.56 Å². The van der Waals surface area contributed by atoms with Gasteiger partial charge in [0.15, 0.2) is 0 Å².